The van der Waals surface area contributed by atoms with Gasteiger partial charge < -0.3 is 14.8 Å². The van der Waals surface area contributed by atoms with Gasteiger partial charge in [-0.15, -0.1) is 0 Å². The maximum atomic E-state index is 11.9. The van der Waals surface area contributed by atoms with Gasteiger partial charge in [0.05, 0.1) is 0 Å². The highest BCUT2D eigenvalue weighted by Crippen LogP contribution is 2.22. The molecule has 1 N–H and O–H groups in total. The van der Waals surface area contributed by atoms with Gasteiger partial charge in [-0.2, -0.15) is 0 Å². The summed E-state index contributed by atoms with van der Waals surface area (Å²) in [4.78, 5) is 25.7. The van der Waals surface area contributed by atoms with Crippen LogP contribution in [0.15, 0.2) is 30.3 Å². The van der Waals surface area contributed by atoms with Crippen molar-refractivity contribution in [1.82, 2.24) is 10.2 Å². The van der Waals surface area contributed by atoms with Crippen LogP contribution >= 0.6 is 0 Å². The van der Waals surface area contributed by atoms with Crippen molar-refractivity contribution in [2.75, 3.05) is 6.54 Å². The fourth-order valence-corrected chi connectivity index (χ4v) is 2.94. The number of rotatable bonds is 5. The molecule has 1 fully saturated rings. The lowest BCUT2D eigenvalue weighted by Crippen LogP contribution is -2.50. The monoisotopic (exact) mass is 318 g/mol. The minimum absolute atomic E-state index is 0.0141. The highest BCUT2D eigenvalue weighted by atomic mass is 16.6. The number of aldehydes is 1. The van der Waals surface area contributed by atoms with Crippen LogP contribution in [-0.2, 0) is 16.1 Å². The highest BCUT2D eigenvalue weighted by Gasteiger charge is 2.33. The number of benzene rings is 1. The Labute approximate surface area is 138 Å². The van der Waals surface area contributed by atoms with Gasteiger partial charge in [-0.3, -0.25) is 4.90 Å². The lowest BCUT2D eigenvalue weighted by Gasteiger charge is -2.30. The van der Waals surface area contributed by atoms with Gasteiger partial charge in [0.1, 0.15) is 17.9 Å². The third-order valence-corrected chi connectivity index (χ3v) is 3.89. The van der Waals surface area contributed by atoms with Crippen LogP contribution in [0.25, 0.3) is 0 Å². The Bertz CT molecular complexity index is 525. The molecule has 2 rings (SSSR count). The van der Waals surface area contributed by atoms with Crippen LogP contribution < -0.4 is 5.32 Å². The molecule has 0 aromatic heterocycles. The number of hydrogen-bond acceptors (Lipinski definition) is 4. The van der Waals surface area contributed by atoms with E-state index in [2.05, 4.69) is 22.3 Å². The summed E-state index contributed by atoms with van der Waals surface area (Å²) in [5, 5.41) is 2.71. The van der Waals surface area contributed by atoms with Crippen LogP contribution in [0.3, 0.4) is 0 Å². The number of likely N-dealkylation sites (tertiary alicyclic amines) is 1. The standard InChI is InChI=1S/C18H26N2O3/c1-18(2,3)23-17(22)19-15(13-21)16-10-7-11-20(16)12-14-8-5-4-6-9-14/h4-6,8-9,13,15-16H,7,10-12H2,1-3H3,(H,19,22). The molecule has 0 radical (unpaired) electrons. The van der Waals surface area contributed by atoms with Gasteiger partial charge in [0, 0.05) is 12.6 Å². The van der Waals surface area contributed by atoms with Crippen molar-refractivity contribution in [2.24, 2.45) is 0 Å². The second-order valence-corrected chi connectivity index (χ2v) is 6.97. The summed E-state index contributed by atoms with van der Waals surface area (Å²) in [6, 6.07) is 9.63. The second-order valence-electron chi connectivity index (χ2n) is 6.97. The summed E-state index contributed by atoms with van der Waals surface area (Å²) >= 11 is 0. The van der Waals surface area contributed by atoms with Gasteiger partial charge in [-0.05, 0) is 45.7 Å². The number of carbonyl (C=O) groups is 2. The first-order valence-electron chi connectivity index (χ1n) is 8.12. The molecule has 1 aliphatic rings. The van der Waals surface area contributed by atoms with E-state index < -0.39 is 17.7 Å². The van der Waals surface area contributed by atoms with Crippen LogP contribution in [0.5, 0.6) is 0 Å². The smallest absolute Gasteiger partial charge is 0.408 e. The Morgan fingerprint density at radius 2 is 2.09 bits per heavy atom. The highest BCUT2D eigenvalue weighted by molar-refractivity contribution is 5.74. The average Bonchev–Trinajstić information content (AvgIpc) is 2.92. The number of hydrogen-bond donors (Lipinski definition) is 1. The summed E-state index contributed by atoms with van der Waals surface area (Å²) in [6.45, 7) is 7.13. The zero-order valence-corrected chi connectivity index (χ0v) is 14.1. The second kappa shape index (κ2) is 7.59. The topological polar surface area (TPSA) is 58.6 Å². The van der Waals surface area contributed by atoms with E-state index in [0.717, 1.165) is 32.2 Å². The van der Waals surface area contributed by atoms with Crippen molar-refractivity contribution in [1.29, 1.82) is 0 Å². The van der Waals surface area contributed by atoms with Crippen LogP contribution in [0.2, 0.25) is 0 Å². The first kappa shape index (κ1) is 17.5. The molecule has 5 heteroatoms. The Kier molecular flexibility index (Phi) is 5.77. The quantitative estimate of drug-likeness (QED) is 0.848. The van der Waals surface area contributed by atoms with Gasteiger partial charge in [0.15, 0.2) is 0 Å². The van der Waals surface area contributed by atoms with E-state index in [4.69, 9.17) is 4.74 Å². The number of nitrogens with one attached hydrogen (secondary N) is 1. The van der Waals surface area contributed by atoms with E-state index in [1.54, 1.807) is 20.8 Å². The predicted octanol–water partition coefficient (Wildman–Crippen LogP) is 2.74. The van der Waals surface area contributed by atoms with Gasteiger partial charge >= 0.3 is 6.09 Å². The first-order chi connectivity index (χ1) is 10.9. The third kappa shape index (κ3) is 5.36. The van der Waals surface area contributed by atoms with Gasteiger partial charge in [0.2, 0.25) is 0 Å². The molecule has 1 heterocycles. The minimum atomic E-state index is -0.573. The lowest BCUT2D eigenvalue weighted by molar-refractivity contribution is -0.111. The molecule has 2 unspecified atom stereocenters. The largest absolute Gasteiger partial charge is 0.444 e. The number of nitrogens with zero attached hydrogens (tertiary/aromatic N) is 1. The predicted molar refractivity (Wildman–Crippen MR) is 89.1 cm³/mol. The molecule has 0 spiro atoms. The molecule has 5 nitrogen and oxygen atoms in total. The van der Waals surface area contributed by atoms with Crippen molar-refractivity contribution in [2.45, 2.75) is 57.8 Å². The van der Waals surface area contributed by atoms with Gasteiger partial charge in [0.25, 0.3) is 0 Å². The van der Waals surface area contributed by atoms with E-state index in [-0.39, 0.29) is 6.04 Å². The number of amides is 1. The molecule has 23 heavy (non-hydrogen) atoms. The first-order valence-corrected chi connectivity index (χ1v) is 8.12. The van der Waals surface area contributed by atoms with Gasteiger partial charge in [-0.25, -0.2) is 4.79 Å². The lowest BCUT2D eigenvalue weighted by atomic mass is 10.1. The van der Waals surface area contributed by atoms with Crippen molar-refractivity contribution in [3.05, 3.63) is 35.9 Å². The summed E-state index contributed by atoms with van der Waals surface area (Å²) < 4.78 is 5.26. The molecule has 1 saturated heterocycles. The van der Waals surface area contributed by atoms with E-state index in [1.165, 1.54) is 5.56 Å². The zero-order valence-electron chi connectivity index (χ0n) is 14.1. The summed E-state index contributed by atoms with van der Waals surface area (Å²) in [5.74, 6) is 0. The molecule has 0 aliphatic carbocycles. The molecule has 1 amide bonds. The molecule has 1 aliphatic heterocycles. The van der Waals surface area contributed by atoms with Crippen LogP contribution in [-0.4, -0.2) is 41.5 Å². The SMILES string of the molecule is CC(C)(C)OC(=O)NC(C=O)C1CCCN1Cc1ccccc1. The Morgan fingerprint density at radius 3 is 2.70 bits per heavy atom. The zero-order chi connectivity index (χ0) is 16.9. The van der Waals surface area contributed by atoms with Crippen molar-refractivity contribution < 1.29 is 14.3 Å². The molecule has 126 valence electrons. The van der Waals surface area contributed by atoms with Gasteiger partial charge in [-0.1, -0.05) is 30.3 Å². The molecule has 2 atom stereocenters. The molecular weight excluding hydrogens is 292 g/mol. The minimum Gasteiger partial charge on any atom is -0.444 e. The average molecular weight is 318 g/mol. The van der Waals surface area contributed by atoms with Crippen molar-refractivity contribution in [3.8, 4) is 0 Å². The van der Waals surface area contributed by atoms with E-state index >= 15 is 0 Å². The molecule has 0 bridgehead atoms. The summed E-state index contributed by atoms with van der Waals surface area (Å²) in [6.07, 6.45) is 2.20. The number of alkyl carbamates (subject to hydrolysis) is 1. The van der Waals surface area contributed by atoms with E-state index in [0.29, 0.717) is 0 Å². The maximum absolute atomic E-state index is 11.9. The maximum Gasteiger partial charge on any atom is 0.408 e. The Morgan fingerprint density at radius 1 is 1.39 bits per heavy atom. The van der Waals surface area contributed by atoms with Crippen molar-refractivity contribution in [3.63, 3.8) is 0 Å². The number of carbonyl (C=O) groups excluding carboxylic acids is 2. The fourth-order valence-electron chi connectivity index (χ4n) is 2.94. The van der Waals surface area contributed by atoms with Crippen LogP contribution in [0.4, 0.5) is 4.79 Å². The molecule has 1 aromatic carbocycles. The van der Waals surface area contributed by atoms with Crippen molar-refractivity contribution >= 4 is 12.4 Å². The van der Waals surface area contributed by atoms with E-state index in [1.807, 2.05) is 18.2 Å². The Hall–Kier alpha value is -1.88. The third-order valence-electron chi connectivity index (χ3n) is 3.89. The van der Waals surface area contributed by atoms with Crippen LogP contribution in [0.1, 0.15) is 39.2 Å². The summed E-state index contributed by atoms with van der Waals surface area (Å²) in [5.41, 5.74) is 0.637. The summed E-state index contributed by atoms with van der Waals surface area (Å²) in [7, 11) is 0. The normalized spacial score (nSPS) is 20.0. The van der Waals surface area contributed by atoms with E-state index in [9.17, 15) is 9.59 Å². The molecule has 1 aromatic rings. The molecule has 0 saturated carbocycles. The molecular formula is C18H26N2O3. The Balaban J connectivity index is 1.98. The fraction of sp³-hybridized carbons (Fsp3) is 0.556. The van der Waals surface area contributed by atoms with Crippen LogP contribution in [0, 0.1) is 0 Å². The number of ether oxygens (including phenoxy) is 1.